The molecule has 0 aromatic carbocycles. The number of likely N-dealkylation sites (N-methyl/N-ethyl adjacent to an activating group) is 1. The van der Waals surface area contributed by atoms with Gasteiger partial charge in [0.25, 0.3) is 5.91 Å². The number of nitrogens with zero attached hydrogens (tertiary/aromatic N) is 1. The maximum absolute atomic E-state index is 12.9. The molecule has 0 aromatic heterocycles. The number of alkyl halides is 4. The first kappa shape index (κ1) is 14.2. The number of rotatable bonds is 5. The van der Waals surface area contributed by atoms with Crippen molar-refractivity contribution in [3.63, 3.8) is 0 Å². The van der Waals surface area contributed by atoms with Crippen LogP contribution in [0.15, 0.2) is 0 Å². The van der Waals surface area contributed by atoms with E-state index in [0.29, 0.717) is 0 Å². The third-order valence-corrected chi connectivity index (χ3v) is 2.83. The van der Waals surface area contributed by atoms with Crippen molar-refractivity contribution in [3.8, 4) is 0 Å². The highest BCUT2D eigenvalue weighted by atomic mass is 19.3. The number of amides is 1. The van der Waals surface area contributed by atoms with Crippen molar-refractivity contribution < 1.29 is 22.4 Å². The summed E-state index contributed by atoms with van der Waals surface area (Å²) >= 11 is 0. The van der Waals surface area contributed by atoms with E-state index in [1.165, 1.54) is 6.92 Å². The molecule has 1 saturated heterocycles. The lowest BCUT2D eigenvalue weighted by atomic mass is 10.2. The molecule has 1 unspecified atom stereocenters. The molecule has 0 aromatic rings. The summed E-state index contributed by atoms with van der Waals surface area (Å²) in [6.45, 7) is 2.31. The van der Waals surface area contributed by atoms with Crippen LogP contribution in [0.1, 0.15) is 19.8 Å². The number of hydrogen-bond acceptors (Lipinski definition) is 2. The molecule has 1 heterocycles. The maximum Gasteiger partial charge on any atom is 0.383 e. The van der Waals surface area contributed by atoms with Crippen LogP contribution in [0, 0.1) is 0 Å². The first-order chi connectivity index (χ1) is 7.89. The van der Waals surface area contributed by atoms with E-state index in [0.717, 1.165) is 24.3 Å². The molecule has 1 amide bonds. The Kier molecular flexibility index (Phi) is 4.73. The molecular weight excluding hydrogens is 240 g/mol. The van der Waals surface area contributed by atoms with Gasteiger partial charge in [-0.2, -0.15) is 8.78 Å². The minimum Gasteiger partial charge on any atom is -0.336 e. The van der Waals surface area contributed by atoms with Gasteiger partial charge in [-0.15, -0.1) is 0 Å². The second kappa shape index (κ2) is 5.66. The summed E-state index contributed by atoms with van der Waals surface area (Å²) in [5.74, 6) is -6.38. The zero-order chi connectivity index (χ0) is 13.1. The molecule has 1 aliphatic rings. The van der Waals surface area contributed by atoms with Gasteiger partial charge in [0.15, 0.2) is 0 Å². The van der Waals surface area contributed by atoms with Gasteiger partial charge in [0.2, 0.25) is 0 Å². The summed E-state index contributed by atoms with van der Waals surface area (Å²) < 4.78 is 49.9. The topological polar surface area (TPSA) is 32.3 Å². The standard InChI is InChI=1S/C10H16F4N2O/c1-2-16(6-7-4-3-5-15-7)9(17)10(13,14)8(11)12/h7-8,15H,2-6H2,1H3. The van der Waals surface area contributed by atoms with E-state index >= 15 is 0 Å². The van der Waals surface area contributed by atoms with Crippen molar-refractivity contribution in [1.82, 2.24) is 10.2 Å². The highest BCUT2D eigenvalue weighted by Gasteiger charge is 2.51. The summed E-state index contributed by atoms with van der Waals surface area (Å²) in [4.78, 5) is 12.1. The van der Waals surface area contributed by atoms with Gasteiger partial charge < -0.3 is 10.2 Å². The Morgan fingerprint density at radius 2 is 2.18 bits per heavy atom. The maximum atomic E-state index is 12.9. The number of carbonyl (C=O) groups excluding carboxylic acids is 1. The fourth-order valence-electron chi connectivity index (χ4n) is 1.84. The molecule has 1 aliphatic heterocycles. The van der Waals surface area contributed by atoms with Crippen LogP contribution in [-0.4, -0.2) is 48.8 Å². The van der Waals surface area contributed by atoms with E-state index in [1.54, 1.807) is 0 Å². The lowest BCUT2D eigenvalue weighted by Crippen LogP contribution is -2.51. The van der Waals surface area contributed by atoms with E-state index in [4.69, 9.17) is 0 Å². The molecule has 0 radical (unpaired) electrons. The van der Waals surface area contributed by atoms with Crippen molar-refractivity contribution in [1.29, 1.82) is 0 Å². The van der Waals surface area contributed by atoms with Crippen LogP contribution >= 0.6 is 0 Å². The van der Waals surface area contributed by atoms with Crippen molar-refractivity contribution in [2.75, 3.05) is 19.6 Å². The first-order valence-corrected chi connectivity index (χ1v) is 5.58. The second-order valence-corrected chi connectivity index (χ2v) is 4.06. The van der Waals surface area contributed by atoms with Crippen LogP contribution in [0.3, 0.4) is 0 Å². The largest absolute Gasteiger partial charge is 0.383 e. The Bertz CT molecular complexity index is 267. The molecule has 0 bridgehead atoms. The molecule has 0 saturated carbocycles. The third-order valence-electron chi connectivity index (χ3n) is 2.83. The lowest BCUT2D eigenvalue weighted by Gasteiger charge is -2.27. The molecular formula is C10H16F4N2O. The fraction of sp³-hybridized carbons (Fsp3) is 0.900. The van der Waals surface area contributed by atoms with Gasteiger partial charge in [-0.05, 0) is 26.3 Å². The van der Waals surface area contributed by atoms with Crippen molar-refractivity contribution in [2.24, 2.45) is 0 Å². The first-order valence-electron chi connectivity index (χ1n) is 5.58. The van der Waals surface area contributed by atoms with Crippen molar-refractivity contribution in [2.45, 2.75) is 38.2 Å². The van der Waals surface area contributed by atoms with Gasteiger partial charge >= 0.3 is 12.3 Å². The number of halogens is 4. The van der Waals surface area contributed by atoms with Gasteiger partial charge in [-0.1, -0.05) is 0 Å². The van der Waals surface area contributed by atoms with Crippen LogP contribution in [0.4, 0.5) is 17.6 Å². The summed E-state index contributed by atoms with van der Waals surface area (Å²) in [6, 6.07) is -0.0765. The summed E-state index contributed by atoms with van der Waals surface area (Å²) in [5, 5.41) is 3.03. The van der Waals surface area contributed by atoms with Crippen LogP contribution in [0.2, 0.25) is 0 Å². The highest BCUT2D eigenvalue weighted by molar-refractivity contribution is 5.84. The Morgan fingerprint density at radius 3 is 2.59 bits per heavy atom. The van der Waals surface area contributed by atoms with Crippen LogP contribution in [-0.2, 0) is 4.79 Å². The van der Waals surface area contributed by atoms with Gasteiger partial charge in [0.1, 0.15) is 0 Å². The Hall–Kier alpha value is -0.850. The summed E-state index contributed by atoms with van der Waals surface area (Å²) in [6.07, 6.45) is -2.29. The smallest absolute Gasteiger partial charge is 0.336 e. The summed E-state index contributed by atoms with van der Waals surface area (Å²) in [5.41, 5.74) is 0. The molecule has 1 rings (SSSR count). The third kappa shape index (κ3) is 3.31. The summed E-state index contributed by atoms with van der Waals surface area (Å²) in [7, 11) is 0. The van der Waals surface area contributed by atoms with Crippen LogP contribution in [0.25, 0.3) is 0 Å². The van der Waals surface area contributed by atoms with Crippen LogP contribution in [0.5, 0.6) is 0 Å². The number of nitrogens with one attached hydrogen (secondary N) is 1. The van der Waals surface area contributed by atoms with Gasteiger partial charge in [0.05, 0.1) is 0 Å². The molecule has 1 atom stereocenters. The van der Waals surface area contributed by atoms with E-state index in [1.807, 2.05) is 0 Å². The average Bonchev–Trinajstić information content (AvgIpc) is 2.77. The zero-order valence-electron chi connectivity index (χ0n) is 9.56. The molecule has 17 heavy (non-hydrogen) atoms. The number of carbonyl (C=O) groups is 1. The van der Waals surface area contributed by atoms with Gasteiger partial charge in [0, 0.05) is 19.1 Å². The normalized spacial score (nSPS) is 20.9. The van der Waals surface area contributed by atoms with E-state index in [-0.39, 0.29) is 19.1 Å². The highest BCUT2D eigenvalue weighted by Crippen LogP contribution is 2.25. The Morgan fingerprint density at radius 1 is 1.53 bits per heavy atom. The molecule has 0 spiro atoms. The van der Waals surface area contributed by atoms with Crippen molar-refractivity contribution in [3.05, 3.63) is 0 Å². The SMILES string of the molecule is CCN(CC1CCCN1)C(=O)C(F)(F)C(F)F. The van der Waals surface area contributed by atoms with E-state index < -0.39 is 18.3 Å². The molecule has 1 fully saturated rings. The Balaban J connectivity index is 2.62. The Labute approximate surface area is 97.2 Å². The quantitative estimate of drug-likeness (QED) is 0.756. The average molecular weight is 256 g/mol. The molecule has 3 nitrogen and oxygen atoms in total. The van der Waals surface area contributed by atoms with Crippen LogP contribution < -0.4 is 5.32 Å². The second-order valence-electron chi connectivity index (χ2n) is 4.06. The van der Waals surface area contributed by atoms with Gasteiger partial charge in [-0.3, -0.25) is 4.79 Å². The molecule has 1 N–H and O–H groups in total. The molecule has 0 aliphatic carbocycles. The molecule has 7 heteroatoms. The van der Waals surface area contributed by atoms with Gasteiger partial charge in [-0.25, -0.2) is 8.78 Å². The van der Waals surface area contributed by atoms with Crippen molar-refractivity contribution >= 4 is 5.91 Å². The monoisotopic (exact) mass is 256 g/mol. The van der Waals surface area contributed by atoms with E-state index in [9.17, 15) is 22.4 Å². The van der Waals surface area contributed by atoms with E-state index in [2.05, 4.69) is 5.32 Å². The fourth-order valence-corrected chi connectivity index (χ4v) is 1.84. The predicted molar refractivity (Wildman–Crippen MR) is 54.2 cm³/mol. The minimum atomic E-state index is -4.59. The number of hydrogen-bond donors (Lipinski definition) is 1. The zero-order valence-corrected chi connectivity index (χ0v) is 9.56. The molecule has 100 valence electrons. The lowest BCUT2D eigenvalue weighted by molar-refractivity contribution is -0.180. The predicted octanol–water partition coefficient (Wildman–Crippen LogP) is 1.49. The minimum absolute atomic E-state index is 0.000671.